The first kappa shape index (κ1) is 12.9. The van der Waals surface area contributed by atoms with E-state index in [-0.39, 0.29) is 5.95 Å². The van der Waals surface area contributed by atoms with Gasteiger partial charge in [-0.2, -0.15) is 26.8 Å². The van der Waals surface area contributed by atoms with Crippen LogP contribution in [-0.4, -0.2) is 38.7 Å². The zero-order valence-electron chi connectivity index (χ0n) is 10.4. The van der Waals surface area contributed by atoms with Crippen molar-refractivity contribution in [2.24, 2.45) is 0 Å². The van der Waals surface area contributed by atoms with Gasteiger partial charge in [-0.05, 0) is 24.9 Å². The fraction of sp³-hybridized carbons (Fsp3) is 0.545. The molecule has 0 unspecified atom stereocenters. The Morgan fingerprint density at radius 2 is 2.22 bits per heavy atom. The van der Waals surface area contributed by atoms with Gasteiger partial charge in [0, 0.05) is 6.54 Å². The number of hydrogen-bond acceptors (Lipinski definition) is 6. The van der Waals surface area contributed by atoms with E-state index in [9.17, 15) is 0 Å². The molecule has 0 atom stereocenters. The van der Waals surface area contributed by atoms with Gasteiger partial charge in [-0.3, -0.25) is 5.10 Å². The Morgan fingerprint density at radius 1 is 1.33 bits per heavy atom. The van der Waals surface area contributed by atoms with Crippen LogP contribution in [0.5, 0.6) is 0 Å². The first-order valence-electron chi connectivity index (χ1n) is 6.00. The van der Waals surface area contributed by atoms with Crippen LogP contribution in [0.1, 0.15) is 19.3 Å². The molecular weight excluding hydrogens is 248 g/mol. The van der Waals surface area contributed by atoms with Gasteiger partial charge in [-0.1, -0.05) is 6.42 Å². The second-order valence-electron chi connectivity index (χ2n) is 4.04. The number of hydrogen-bond donors (Lipinski definition) is 3. The van der Waals surface area contributed by atoms with Crippen LogP contribution in [-0.2, 0) is 0 Å². The van der Waals surface area contributed by atoms with E-state index in [1.165, 1.54) is 18.6 Å². The first-order chi connectivity index (χ1) is 8.81. The maximum absolute atomic E-state index is 5.64. The molecule has 0 spiro atoms. The minimum atomic E-state index is 0.261. The van der Waals surface area contributed by atoms with Crippen molar-refractivity contribution in [1.82, 2.24) is 20.2 Å². The van der Waals surface area contributed by atoms with E-state index < -0.39 is 0 Å². The summed E-state index contributed by atoms with van der Waals surface area (Å²) in [5, 5.41) is 10.9. The normalized spacial score (nSPS) is 10.9. The van der Waals surface area contributed by atoms with Gasteiger partial charge in [0.2, 0.25) is 5.95 Å². The fourth-order valence-corrected chi connectivity index (χ4v) is 2.23. The smallest absolute Gasteiger partial charge is 0.224 e. The lowest BCUT2D eigenvalue weighted by Crippen LogP contribution is -2.06. The molecule has 2 rings (SSSR count). The van der Waals surface area contributed by atoms with Crippen LogP contribution >= 0.6 is 11.8 Å². The molecule has 0 amide bonds. The van der Waals surface area contributed by atoms with Crippen LogP contribution in [0.15, 0.2) is 6.20 Å². The van der Waals surface area contributed by atoms with Gasteiger partial charge in [-0.15, -0.1) is 0 Å². The number of nitrogens with two attached hydrogens (primary N) is 1. The number of thioether (sulfide) groups is 1. The number of H-pyrrole nitrogens is 1. The quantitative estimate of drug-likeness (QED) is 0.663. The molecule has 2 heterocycles. The van der Waals surface area contributed by atoms with Crippen molar-refractivity contribution < 1.29 is 0 Å². The molecule has 0 aliphatic rings. The average molecular weight is 266 g/mol. The van der Waals surface area contributed by atoms with Crippen molar-refractivity contribution >= 4 is 34.6 Å². The third kappa shape index (κ3) is 3.25. The molecular formula is C11H18N6S. The highest BCUT2D eigenvalue weighted by Crippen LogP contribution is 2.18. The molecule has 0 saturated heterocycles. The monoisotopic (exact) mass is 266 g/mol. The van der Waals surface area contributed by atoms with Crippen molar-refractivity contribution in [2.75, 3.05) is 29.6 Å². The van der Waals surface area contributed by atoms with E-state index in [0.717, 1.165) is 24.2 Å². The number of nitrogen functional groups attached to an aromatic ring is 1. The lowest BCUT2D eigenvalue weighted by molar-refractivity contribution is 0.748. The predicted octanol–water partition coefficient (Wildman–Crippen LogP) is 1.88. The van der Waals surface area contributed by atoms with Crippen LogP contribution in [0.2, 0.25) is 0 Å². The summed E-state index contributed by atoms with van der Waals surface area (Å²) in [4.78, 5) is 8.27. The van der Waals surface area contributed by atoms with Crippen molar-refractivity contribution in [3.05, 3.63) is 6.20 Å². The second-order valence-corrected chi connectivity index (χ2v) is 5.03. The molecule has 0 fully saturated rings. The van der Waals surface area contributed by atoms with Gasteiger partial charge in [0.15, 0.2) is 5.65 Å². The molecule has 0 aliphatic carbocycles. The average Bonchev–Trinajstić information content (AvgIpc) is 2.81. The van der Waals surface area contributed by atoms with Crippen LogP contribution in [0.4, 0.5) is 11.8 Å². The summed E-state index contributed by atoms with van der Waals surface area (Å²) in [7, 11) is 0. The van der Waals surface area contributed by atoms with E-state index in [1.807, 2.05) is 11.8 Å². The van der Waals surface area contributed by atoms with Crippen LogP contribution in [0.25, 0.3) is 11.0 Å². The van der Waals surface area contributed by atoms with Gasteiger partial charge < -0.3 is 11.1 Å². The third-order valence-corrected chi connectivity index (χ3v) is 3.34. The SMILES string of the molecule is CSCCCCCNc1nc(N)nc2[nH]ncc12. The molecule has 0 aromatic carbocycles. The molecule has 0 saturated carbocycles. The number of nitrogens with zero attached hydrogens (tertiary/aromatic N) is 3. The molecule has 4 N–H and O–H groups in total. The molecule has 18 heavy (non-hydrogen) atoms. The molecule has 2 aromatic rings. The lowest BCUT2D eigenvalue weighted by Gasteiger charge is -2.06. The Hall–Kier alpha value is -1.50. The molecule has 7 heteroatoms. The summed E-state index contributed by atoms with van der Waals surface area (Å²) < 4.78 is 0. The van der Waals surface area contributed by atoms with Crippen molar-refractivity contribution in [3.63, 3.8) is 0 Å². The Bertz CT molecular complexity index is 497. The Balaban J connectivity index is 1.89. The van der Waals surface area contributed by atoms with Crippen molar-refractivity contribution in [3.8, 4) is 0 Å². The maximum atomic E-state index is 5.64. The highest BCUT2D eigenvalue weighted by Gasteiger charge is 2.06. The van der Waals surface area contributed by atoms with E-state index in [4.69, 9.17) is 5.73 Å². The highest BCUT2D eigenvalue weighted by atomic mass is 32.2. The van der Waals surface area contributed by atoms with E-state index in [1.54, 1.807) is 6.20 Å². The summed E-state index contributed by atoms with van der Waals surface area (Å²) in [6.07, 6.45) is 7.46. The Kier molecular flexibility index (Phi) is 4.63. The second kappa shape index (κ2) is 6.44. The van der Waals surface area contributed by atoms with E-state index >= 15 is 0 Å². The number of aromatic nitrogens is 4. The van der Waals surface area contributed by atoms with Crippen molar-refractivity contribution in [1.29, 1.82) is 0 Å². The van der Waals surface area contributed by atoms with Gasteiger partial charge in [-0.25, -0.2) is 0 Å². The molecule has 0 bridgehead atoms. The van der Waals surface area contributed by atoms with Crippen molar-refractivity contribution in [2.45, 2.75) is 19.3 Å². The molecule has 98 valence electrons. The van der Waals surface area contributed by atoms with Crippen LogP contribution in [0, 0.1) is 0 Å². The minimum absolute atomic E-state index is 0.261. The molecule has 0 aliphatic heterocycles. The summed E-state index contributed by atoms with van der Waals surface area (Å²) in [5.41, 5.74) is 6.31. The van der Waals surface area contributed by atoms with Crippen LogP contribution in [0.3, 0.4) is 0 Å². The van der Waals surface area contributed by atoms with Gasteiger partial charge in [0.05, 0.1) is 11.6 Å². The number of rotatable bonds is 7. The summed E-state index contributed by atoms with van der Waals surface area (Å²) in [6.45, 7) is 0.894. The highest BCUT2D eigenvalue weighted by molar-refractivity contribution is 7.98. The number of nitrogens with one attached hydrogen (secondary N) is 2. The first-order valence-corrected chi connectivity index (χ1v) is 7.40. The maximum Gasteiger partial charge on any atom is 0.224 e. The number of aromatic amines is 1. The zero-order valence-corrected chi connectivity index (χ0v) is 11.3. The largest absolute Gasteiger partial charge is 0.369 e. The number of unbranched alkanes of at least 4 members (excludes halogenated alkanes) is 2. The molecule has 2 aromatic heterocycles. The Labute approximate surface area is 110 Å². The van der Waals surface area contributed by atoms with Gasteiger partial charge in [0.25, 0.3) is 0 Å². The van der Waals surface area contributed by atoms with E-state index in [2.05, 4.69) is 31.7 Å². The Morgan fingerprint density at radius 3 is 3.06 bits per heavy atom. The summed E-state index contributed by atoms with van der Waals surface area (Å²) in [5.74, 6) is 2.25. The predicted molar refractivity (Wildman–Crippen MR) is 76.8 cm³/mol. The van der Waals surface area contributed by atoms with Gasteiger partial charge >= 0.3 is 0 Å². The summed E-state index contributed by atoms with van der Waals surface area (Å²) in [6, 6.07) is 0. The van der Waals surface area contributed by atoms with Gasteiger partial charge in [0.1, 0.15) is 5.82 Å². The van der Waals surface area contributed by atoms with E-state index in [0.29, 0.717) is 5.65 Å². The summed E-state index contributed by atoms with van der Waals surface area (Å²) >= 11 is 1.89. The number of fused-ring (bicyclic) bond motifs is 1. The lowest BCUT2D eigenvalue weighted by atomic mass is 10.2. The zero-order chi connectivity index (χ0) is 12.8. The van der Waals surface area contributed by atoms with Crippen LogP contribution < -0.4 is 11.1 Å². The minimum Gasteiger partial charge on any atom is -0.369 e. The standard InChI is InChI=1S/C11H18N6S/c1-18-6-4-2-3-5-13-9-8-7-14-17-10(8)16-11(12)15-9/h7H,2-6H2,1H3,(H4,12,13,14,15,16,17). The topological polar surface area (TPSA) is 92.5 Å². The molecule has 0 radical (unpaired) electrons. The molecule has 6 nitrogen and oxygen atoms in total. The number of anilines is 2. The fourth-order valence-electron chi connectivity index (χ4n) is 1.74. The third-order valence-electron chi connectivity index (χ3n) is 2.64.